The molecule has 0 bridgehead atoms. The van der Waals surface area contributed by atoms with E-state index in [1.165, 1.54) is 22.9 Å². The van der Waals surface area contributed by atoms with Crippen molar-refractivity contribution in [3.8, 4) is 0 Å². The van der Waals surface area contributed by atoms with E-state index in [1.807, 2.05) is 0 Å². The van der Waals surface area contributed by atoms with Gasteiger partial charge in [-0.3, -0.25) is 0 Å². The zero-order valence-electron chi connectivity index (χ0n) is 10.2. The van der Waals surface area contributed by atoms with Gasteiger partial charge in [0, 0.05) is 27.6 Å². The SMILES string of the molecule is NC1CCC(Nc2ccc(Br)c3ccccc23)C1. The fraction of sp³-hybridized carbons (Fsp3) is 0.333. The van der Waals surface area contributed by atoms with Gasteiger partial charge < -0.3 is 11.1 Å². The third-order valence-electron chi connectivity index (χ3n) is 3.70. The number of hydrogen-bond acceptors (Lipinski definition) is 2. The lowest BCUT2D eigenvalue weighted by Crippen LogP contribution is -2.20. The number of fused-ring (bicyclic) bond motifs is 1. The standard InChI is InChI=1S/C15H17BrN2/c16-14-7-8-15(13-4-2-1-3-12(13)14)18-11-6-5-10(17)9-11/h1-4,7-8,10-11,18H,5-6,9,17H2. The minimum atomic E-state index is 0.365. The molecular weight excluding hydrogens is 288 g/mol. The molecule has 1 saturated carbocycles. The first kappa shape index (κ1) is 12.0. The van der Waals surface area contributed by atoms with E-state index >= 15 is 0 Å². The number of benzene rings is 2. The maximum atomic E-state index is 5.97. The maximum Gasteiger partial charge on any atom is 0.0422 e. The van der Waals surface area contributed by atoms with Crippen LogP contribution in [-0.4, -0.2) is 12.1 Å². The lowest BCUT2D eigenvalue weighted by atomic mass is 10.1. The van der Waals surface area contributed by atoms with Crippen molar-refractivity contribution >= 4 is 32.4 Å². The van der Waals surface area contributed by atoms with E-state index < -0.39 is 0 Å². The monoisotopic (exact) mass is 304 g/mol. The predicted molar refractivity (Wildman–Crippen MR) is 80.9 cm³/mol. The topological polar surface area (TPSA) is 38.0 Å². The molecule has 3 rings (SSSR count). The van der Waals surface area contributed by atoms with Crippen molar-refractivity contribution in [2.24, 2.45) is 5.73 Å². The van der Waals surface area contributed by atoms with E-state index in [-0.39, 0.29) is 0 Å². The third-order valence-corrected chi connectivity index (χ3v) is 4.40. The molecule has 0 spiro atoms. The lowest BCUT2D eigenvalue weighted by Gasteiger charge is -2.16. The number of halogens is 1. The van der Waals surface area contributed by atoms with Gasteiger partial charge in [0.05, 0.1) is 0 Å². The van der Waals surface area contributed by atoms with Crippen molar-refractivity contribution in [2.75, 3.05) is 5.32 Å². The van der Waals surface area contributed by atoms with Gasteiger partial charge in [-0.25, -0.2) is 0 Å². The second kappa shape index (κ2) is 4.90. The Bertz CT molecular complexity index is 567. The summed E-state index contributed by atoms with van der Waals surface area (Å²) in [5, 5.41) is 6.17. The van der Waals surface area contributed by atoms with E-state index in [4.69, 9.17) is 5.73 Å². The Morgan fingerprint density at radius 2 is 1.83 bits per heavy atom. The van der Waals surface area contributed by atoms with Crippen molar-refractivity contribution in [3.63, 3.8) is 0 Å². The minimum absolute atomic E-state index is 0.365. The Kier molecular flexibility index (Phi) is 3.27. The summed E-state index contributed by atoms with van der Waals surface area (Å²) in [6, 6.07) is 13.6. The second-order valence-electron chi connectivity index (χ2n) is 5.05. The van der Waals surface area contributed by atoms with E-state index in [9.17, 15) is 0 Å². The molecule has 0 saturated heterocycles. The molecule has 1 aliphatic rings. The van der Waals surface area contributed by atoms with E-state index in [1.54, 1.807) is 0 Å². The smallest absolute Gasteiger partial charge is 0.0422 e. The molecule has 0 amide bonds. The van der Waals surface area contributed by atoms with Gasteiger partial charge in [0.2, 0.25) is 0 Å². The van der Waals surface area contributed by atoms with Crippen LogP contribution in [0.1, 0.15) is 19.3 Å². The average Bonchev–Trinajstić information content (AvgIpc) is 2.79. The fourth-order valence-corrected chi connectivity index (χ4v) is 3.23. The Labute approximate surface area is 116 Å². The van der Waals surface area contributed by atoms with Gasteiger partial charge in [-0.2, -0.15) is 0 Å². The summed E-state index contributed by atoms with van der Waals surface area (Å²) in [5.41, 5.74) is 7.18. The number of nitrogens with two attached hydrogens (primary N) is 1. The van der Waals surface area contributed by atoms with Crippen LogP contribution in [0.2, 0.25) is 0 Å². The zero-order valence-corrected chi connectivity index (χ0v) is 11.8. The molecule has 18 heavy (non-hydrogen) atoms. The van der Waals surface area contributed by atoms with Gasteiger partial charge in [-0.1, -0.05) is 40.2 Å². The molecule has 0 aliphatic heterocycles. The number of hydrogen-bond donors (Lipinski definition) is 2. The molecular formula is C15H17BrN2. The number of nitrogens with one attached hydrogen (secondary N) is 1. The summed E-state index contributed by atoms with van der Waals surface area (Å²) in [6.07, 6.45) is 3.38. The Morgan fingerprint density at radius 3 is 2.56 bits per heavy atom. The summed E-state index contributed by atoms with van der Waals surface area (Å²) >= 11 is 3.61. The highest BCUT2D eigenvalue weighted by Gasteiger charge is 2.21. The van der Waals surface area contributed by atoms with E-state index in [0.29, 0.717) is 12.1 Å². The van der Waals surface area contributed by atoms with Crippen LogP contribution in [0, 0.1) is 0 Å². The molecule has 0 aromatic heterocycles. The maximum absolute atomic E-state index is 5.97. The van der Waals surface area contributed by atoms with Gasteiger partial charge in [0.1, 0.15) is 0 Å². The number of anilines is 1. The number of rotatable bonds is 2. The normalized spacial score (nSPS) is 23.4. The van der Waals surface area contributed by atoms with Crippen LogP contribution in [0.15, 0.2) is 40.9 Å². The van der Waals surface area contributed by atoms with Crippen LogP contribution in [0.3, 0.4) is 0 Å². The van der Waals surface area contributed by atoms with Crippen molar-refractivity contribution < 1.29 is 0 Å². The average molecular weight is 305 g/mol. The van der Waals surface area contributed by atoms with E-state index in [0.717, 1.165) is 17.3 Å². The molecule has 2 aromatic rings. The van der Waals surface area contributed by atoms with Gasteiger partial charge in [0.25, 0.3) is 0 Å². The van der Waals surface area contributed by atoms with Crippen molar-refractivity contribution in [1.29, 1.82) is 0 Å². The Balaban J connectivity index is 1.95. The minimum Gasteiger partial charge on any atom is -0.382 e. The highest BCUT2D eigenvalue weighted by Crippen LogP contribution is 2.32. The summed E-state index contributed by atoms with van der Waals surface area (Å²) < 4.78 is 1.15. The largest absolute Gasteiger partial charge is 0.382 e. The van der Waals surface area contributed by atoms with Crippen LogP contribution in [0.25, 0.3) is 10.8 Å². The van der Waals surface area contributed by atoms with Crippen LogP contribution in [0.4, 0.5) is 5.69 Å². The van der Waals surface area contributed by atoms with Crippen molar-refractivity contribution in [1.82, 2.24) is 0 Å². The Morgan fingerprint density at radius 1 is 1.06 bits per heavy atom. The van der Waals surface area contributed by atoms with Crippen LogP contribution in [0.5, 0.6) is 0 Å². The van der Waals surface area contributed by atoms with E-state index in [2.05, 4.69) is 57.6 Å². The zero-order chi connectivity index (χ0) is 12.5. The van der Waals surface area contributed by atoms with Crippen LogP contribution < -0.4 is 11.1 Å². The van der Waals surface area contributed by atoms with Crippen molar-refractivity contribution in [3.05, 3.63) is 40.9 Å². The molecule has 3 heteroatoms. The van der Waals surface area contributed by atoms with Gasteiger partial charge in [-0.05, 0) is 36.8 Å². The Hall–Kier alpha value is -1.06. The van der Waals surface area contributed by atoms with Crippen molar-refractivity contribution in [2.45, 2.75) is 31.3 Å². The molecule has 1 aliphatic carbocycles. The summed E-state index contributed by atoms with van der Waals surface area (Å²) in [5.74, 6) is 0. The second-order valence-corrected chi connectivity index (χ2v) is 5.91. The first-order chi connectivity index (χ1) is 8.74. The molecule has 1 fully saturated rings. The fourth-order valence-electron chi connectivity index (χ4n) is 2.76. The molecule has 2 unspecified atom stereocenters. The molecule has 3 N–H and O–H groups in total. The molecule has 0 radical (unpaired) electrons. The van der Waals surface area contributed by atoms with Gasteiger partial charge in [0.15, 0.2) is 0 Å². The third kappa shape index (κ3) is 2.25. The highest BCUT2D eigenvalue weighted by atomic mass is 79.9. The molecule has 2 nitrogen and oxygen atoms in total. The van der Waals surface area contributed by atoms with Crippen LogP contribution in [-0.2, 0) is 0 Å². The first-order valence-electron chi connectivity index (χ1n) is 6.43. The molecule has 0 heterocycles. The molecule has 2 atom stereocenters. The summed E-state index contributed by atoms with van der Waals surface area (Å²) in [7, 11) is 0. The summed E-state index contributed by atoms with van der Waals surface area (Å²) in [4.78, 5) is 0. The predicted octanol–water partition coefficient (Wildman–Crippen LogP) is 3.89. The molecule has 2 aromatic carbocycles. The first-order valence-corrected chi connectivity index (χ1v) is 7.23. The van der Waals surface area contributed by atoms with Gasteiger partial charge >= 0.3 is 0 Å². The summed E-state index contributed by atoms with van der Waals surface area (Å²) in [6.45, 7) is 0. The quantitative estimate of drug-likeness (QED) is 0.883. The highest BCUT2D eigenvalue weighted by molar-refractivity contribution is 9.10. The van der Waals surface area contributed by atoms with Gasteiger partial charge in [-0.15, -0.1) is 0 Å². The lowest BCUT2D eigenvalue weighted by molar-refractivity contribution is 0.688. The van der Waals surface area contributed by atoms with Crippen LogP contribution >= 0.6 is 15.9 Å². The molecule has 94 valence electrons.